The number of halogens is 1. The molecule has 0 unspecified atom stereocenters. The van der Waals surface area contributed by atoms with Crippen LogP contribution in [-0.2, 0) is 22.5 Å². The Balaban J connectivity index is 1.43. The van der Waals surface area contributed by atoms with Gasteiger partial charge in [-0.25, -0.2) is 4.98 Å². The molecule has 1 amide bonds. The van der Waals surface area contributed by atoms with Crippen LogP contribution in [0.2, 0.25) is 5.02 Å². The largest absolute Gasteiger partial charge is 0.385 e. The van der Waals surface area contributed by atoms with Crippen molar-refractivity contribution in [3.63, 3.8) is 0 Å². The van der Waals surface area contributed by atoms with Gasteiger partial charge in [0.25, 0.3) is 0 Å². The number of nitrogens with zero attached hydrogens (tertiary/aromatic N) is 3. The van der Waals surface area contributed by atoms with E-state index in [1.54, 1.807) is 7.11 Å². The summed E-state index contributed by atoms with van der Waals surface area (Å²) in [5, 5.41) is 0.705. The summed E-state index contributed by atoms with van der Waals surface area (Å²) in [6.45, 7) is 3.06. The van der Waals surface area contributed by atoms with Crippen LogP contribution in [0.3, 0.4) is 0 Å². The van der Waals surface area contributed by atoms with E-state index in [4.69, 9.17) is 27.1 Å². The molecule has 1 aliphatic heterocycles. The van der Waals surface area contributed by atoms with Crippen LogP contribution in [0.25, 0.3) is 11.0 Å². The fraction of sp³-hybridized carbons (Fsp3) is 0.462. The fourth-order valence-electron chi connectivity index (χ4n) is 4.77. The van der Waals surface area contributed by atoms with Gasteiger partial charge in [0.1, 0.15) is 5.82 Å². The van der Waals surface area contributed by atoms with Crippen molar-refractivity contribution in [3.05, 3.63) is 64.9 Å². The van der Waals surface area contributed by atoms with Gasteiger partial charge in [0.05, 0.1) is 11.0 Å². The number of imidazole rings is 1. The Kier molecular flexibility index (Phi) is 8.02. The zero-order chi connectivity index (χ0) is 23.2. The molecule has 2 aromatic carbocycles. The van der Waals surface area contributed by atoms with Gasteiger partial charge in [-0.2, -0.15) is 0 Å². The molecule has 176 valence electrons. The second-order valence-corrected chi connectivity index (χ2v) is 9.37. The molecule has 3 aromatic rings. The Hall–Kier alpha value is -2.41. The summed E-state index contributed by atoms with van der Waals surface area (Å²) >= 11 is 5.97. The number of piperidine rings is 1. The van der Waals surface area contributed by atoms with Gasteiger partial charge in [0.2, 0.25) is 5.91 Å². The van der Waals surface area contributed by atoms with Crippen LogP contribution >= 0.6 is 11.6 Å². The number of carbonyl (C=O) groups excluding carboxylic acids is 1. The number of benzene rings is 2. The lowest BCUT2D eigenvalue weighted by molar-refractivity contribution is -0.132. The number of aryl methyl sites for hydroxylation is 1. The molecule has 6 nitrogen and oxygen atoms in total. The molecular formula is C26H33ClN4O2. The van der Waals surface area contributed by atoms with Crippen molar-refractivity contribution in [1.82, 2.24) is 14.5 Å². The molecule has 1 saturated heterocycles. The molecule has 0 saturated carbocycles. The Morgan fingerprint density at radius 1 is 1.24 bits per heavy atom. The number of hydrogen-bond acceptors (Lipinski definition) is 4. The van der Waals surface area contributed by atoms with E-state index >= 15 is 0 Å². The van der Waals surface area contributed by atoms with E-state index in [-0.39, 0.29) is 17.9 Å². The van der Waals surface area contributed by atoms with E-state index in [1.807, 2.05) is 35.2 Å². The van der Waals surface area contributed by atoms with Crippen LogP contribution in [0, 0.1) is 0 Å². The molecule has 2 atom stereocenters. The number of para-hydroxylation sites is 2. The number of methoxy groups -OCH3 is 1. The van der Waals surface area contributed by atoms with Crippen LogP contribution in [0.5, 0.6) is 0 Å². The van der Waals surface area contributed by atoms with Crippen molar-refractivity contribution < 1.29 is 9.53 Å². The first-order chi connectivity index (χ1) is 16.0. The molecule has 0 spiro atoms. The highest BCUT2D eigenvalue weighted by atomic mass is 35.5. The molecule has 0 aliphatic carbocycles. The predicted octanol–water partition coefficient (Wildman–Crippen LogP) is 4.39. The number of hydrogen-bond donors (Lipinski definition) is 1. The third kappa shape index (κ3) is 5.94. The highest BCUT2D eigenvalue weighted by Crippen LogP contribution is 2.30. The number of likely N-dealkylation sites (tertiary alicyclic amines) is 1. The quantitative estimate of drug-likeness (QED) is 0.472. The lowest BCUT2D eigenvalue weighted by Gasteiger charge is -2.33. The third-order valence-corrected chi connectivity index (χ3v) is 6.65. The molecule has 1 aromatic heterocycles. The molecule has 4 rings (SSSR count). The summed E-state index contributed by atoms with van der Waals surface area (Å²) in [6.07, 6.45) is 3.95. The Bertz CT molecular complexity index is 1070. The van der Waals surface area contributed by atoms with Crippen LogP contribution in [0.1, 0.15) is 43.0 Å². The topological polar surface area (TPSA) is 73.4 Å². The molecule has 33 heavy (non-hydrogen) atoms. The normalized spacial score (nSPS) is 17.4. The number of aromatic nitrogens is 2. The zero-order valence-corrected chi connectivity index (χ0v) is 20.0. The average molecular weight is 469 g/mol. The fourth-order valence-corrected chi connectivity index (χ4v) is 4.90. The number of fused-ring (bicyclic) bond motifs is 1. The molecule has 0 bridgehead atoms. The Morgan fingerprint density at radius 3 is 2.82 bits per heavy atom. The first-order valence-corrected chi connectivity index (χ1v) is 12.1. The summed E-state index contributed by atoms with van der Waals surface area (Å²) in [7, 11) is 1.73. The van der Waals surface area contributed by atoms with E-state index in [0.29, 0.717) is 31.0 Å². The van der Waals surface area contributed by atoms with Crippen LogP contribution < -0.4 is 5.73 Å². The van der Waals surface area contributed by atoms with Gasteiger partial charge < -0.3 is 19.9 Å². The minimum absolute atomic E-state index is 0.128. The Morgan fingerprint density at radius 2 is 2.03 bits per heavy atom. The number of carbonyl (C=O) groups is 1. The summed E-state index contributed by atoms with van der Waals surface area (Å²) in [6, 6.07) is 15.7. The van der Waals surface area contributed by atoms with Crippen molar-refractivity contribution >= 4 is 28.5 Å². The van der Waals surface area contributed by atoms with Gasteiger partial charge >= 0.3 is 0 Å². The summed E-state index contributed by atoms with van der Waals surface area (Å²) in [5.41, 5.74) is 9.59. The van der Waals surface area contributed by atoms with Crippen molar-refractivity contribution in [3.8, 4) is 0 Å². The molecule has 1 fully saturated rings. The van der Waals surface area contributed by atoms with Crippen molar-refractivity contribution in [2.24, 2.45) is 5.73 Å². The maximum absolute atomic E-state index is 13.1. The smallest absolute Gasteiger partial charge is 0.224 e. The first-order valence-electron chi connectivity index (χ1n) is 11.8. The maximum Gasteiger partial charge on any atom is 0.224 e. The van der Waals surface area contributed by atoms with Gasteiger partial charge in [-0.15, -0.1) is 0 Å². The van der Waals surface area contributed by atoms with E-state index in [0.717, 1.165) is 54.8 Å². The minimum Gasteiger partial charge on any atom is -0.385 e. The Labute approximate surface area is 200 Å². The minimum atomic E-state index is -0.210. The second-order valence-electron chi connectivity index (χ2n) is 8.93. The first kappa shape index (κ1) is 23.7. The molecule has 2 heterocycles. The molecule has 0 radical (unpaired) electrons. The molecule has 1 aliphatic rings. The maximum atomic E-state index is 13.1. The van der Waals surface area contributed by atoms with Crippen LogP contribution in [0.4, 0.5) is 0 Å². The second kappa shape index (κ2) is 11.1. The van der Waals surface area contributed by atoms with Gasteiger partial charge in [-0.1, -0.05) is 35.9 Å². The lowest BCUT2D eigenvalue weighted by Crippen LogP contribution is -2.42. The van der Waals surface area contributed by atoms with Gasteiger partial charge in [-0.05, 0) is 55.5 Å². The highest BCUT2D eigenvalue weighted by Gasteiger charge is 2.29. The predicted molar refractivity (Wildman–Crippen MR) is 133 cm³/mol. The number of rotatable bonds is 9. The number of nitrogens with two attached hydrogens (primary N) is 1. The average Bonchev–Trinajstić information content (AvgIpc) is 3.19. The van der Waals surface area contributed by atoms with E-state index < -0.39 is 0 Å². The summed E-state index contributed by atoms with van der Waals surface area (Å²) in [5.74, 6) is 1.43. The SMILES string of the molecule is COCCCn1c([C@H]2CCCN(C(=O)C[C@@H](N)Cc3ccc(Cl)cc3)C2)nc2ccccc21. The van der Waals surface area contributed by atoms with E-state index in [1.165, 1.54) is 0 Å². The van der Waals surface area contributed by atoms with Crippen LogP contribution in [-0.4, -0.2) is 53.2 Å². The molecular weight excluding hydrogens is 436 g/mol. The van der Waals surface area contributed by atoms with Crippen LogP contribution in [0.15, 0.2) is 48.5 Å². The number of amides is 1. The van der Waals surface area contributed by atoms with Crippen molar-refractivity contribution in [1.29, 1.82) is 0 Å². The highest BCUT2D eigenvalue weighted by molar-refractivity contribution is 6.30. The van der Waals surface area contributed by atoms with Gasteiger partial charge in [-0.3, -0.25) is 4.79 Å². The summed E-state index contributed by atoms with van der Waals surface area (Å²) < 4.78 is 7.59. The molecule has 7 heteroatoms. The lowest BCUT2D eigenvalue weighted by atomic mass is 9.96. The standard InChI is InChI=1S/C26H33ClN4O2/c1-33-15-5-14-31-24-8-3-2-7-23(24)29-26(31)20-6-4-13-30(18-20)25(32)17-22(28)16-19-9-11-21(27)12-10-19/h2-3,7-12,20,22H,4-6,13-18,28H2,1H3/t20-,22-/m0/s1. The van der Waals surface area contributed by atoms with E-state index in [2.05, 4.69) is 22.8 Å². The molecule has 2 N–H and O–H groups in total. The van der Waals surface area contributed by atoms with Gasteiger partial charge in [0, 0.05) is 56.8 Å². The number of ether oxygens (including phenoxy) is 1. The monoisotopic (exact) mass is 468 g/mol. The zero-order valence-electron chi connectivity index (χ0n) is 19.3. The van der Waals surface area contributed by atoms with E-state index in [9.17, 15) is 4.79 Å². The van der Waals surface area contributed by atoms with Crippen molar-refractivity contribution in [2.75, 3.05) is 26.8 Å². The van der Waals surface area contributed by atoms with Crippen molar-refractivity contribution in [2.45, 2.75) is 50.6 Å². The van der Waals surface area contributed by atoms with Gasteiger partial charge in [0.15, 0.2) is 0 Å². The summed E-state index contributed by atoms with van der Waals surface area (Å²) in [4.78, 5) is 20.0. The third-order valence-electron chi connectivity index (χ3n) is 6.40.